The van der Waals surface area contributed by atoms with E-state index < -0.39 is 10.2 Å². The Balaban J connectivity index is 2.27. The molecule has 1 aliphatic heterocycles. The number of ether oxygens (including phenoxy) is 2. The van der Waals surface area contributed by atoms with Gasteiger partial charge in [0.15, 0.2) is 11.5 Å². The van der Waals surface area contributed by atoms with Crippen LogP contribution in [0.2, 0.25) is 0 Å². The zero-order chi connectivity index (χ0) is 15.6. The molecule has 0 spiro atoms. The molecule has 0 saturated carbocycles. The van der Waals surface area contributed by atoms with Crippen LogP contribution >= 0.6 is 0 Å². The molecule has 1 saturated heterocycles. The maximum atomic E-state index is 12.2. The van der Waals surface area contributed by atoms with Crippen LogP contribution in [0.3, 0.4) is 0 Å². The number of hydrogen-bond donors (Lipinski definition) is 0. The second kappa shape index (κ2) is 6.21. The van der Waals surface area contributed by atoms with Gasteiger partial charge in [-0.1, -0.05) is 12.1 Å². The van der Waals surface area contributed by atoms with Gasteiger partial charge >= 0.3 is 0 Å². The molecule has 1 aromatic carbocycles. The third-order valence-corrected chi connectivity index (χ3v) is 5.72. The zero-order valence-corrected chi connectivity index (χ0v) is 13.7. The molecule has 7 heteroatoms. The summed E-state index contributed by atoms with van der Waals surface area (Å²) >= 11 is 0. The standard InChI is InChI=1S/C14H22N2O4S/c1-15(2)21(17,18)16-9-8-11(10-16)12-6-5-7-13(19-3)14(12)20-4/h5-7,11H,8-10H2,1-4H3/t11-/m0/s1. The molecule has 0 bridgehead atoms. The molecule has 0 aliphatic carbocycles. The van der Waals surface area contributed by atoms with Gasteiger partial charge in [-0.2, -0.15) is 17.0 Å². The lowest BCUT2D eigenvalue weighted by atomic mass is 9.97. The summed E-state index contributed by atoms with van der Waals surface area (Å²) in [6, 6.07) is 5.71. The van der Waals surface area contributed by atoms with Crippen molar-refractivity contribution in [2.75, 3.05) is 41.4 Å². The molecule has 0 N–H and O–H groups in total. The van der Waals surface area contributed by atoms with Crippen LogP contribution in [0.15, 0.2) is 18.2 Å². The zero-order valence-electron chi connectivity index (χ0n) is 12.9. The average molecular weight is 314 g/mol. The second-order valence-electron chi connectivity index (χ2n) is 5.22. The van der Waals surface area contributed by atoms with E-state index in [0.717, 1.165) is 12.0 Å². The van der Waals surface area contributed by atoms with Crippen molar-refractivity contribution in [3.8, 4) is 11.5 Å². The summed E-state index contributed by atoms with van der Waals surface area (Å²) in [6.07, 6.45) is 0.774. The van der Waals surface area contributed by atoms with Crippen molar-refractivity contribution in [3.05, 3.63) is 23.8 Å². The second-order valence-corrected chi connectivity index (χ2v) is 7.36. The fraction of sp³-hybridized carbons (Fsp3) is 0.571. The topological polar surface area (TPSA) is 59.1 Å². The molecule has 0 radical (unpaired) electrons. The van der Waals surface area contributed by atoms with Gasteiger partial charge in [-0.15, -0.1) is 0 Å². The normalized spacial score (nSPS) is 20.0. The van der Waals surface area contributed by atoms with Crippen LogP contribution in [-0.4, -0.2) is 58.4 Å². The van der Waals surface area contributed by atoms with E-state index in [1.165, 1.54) is 8.61 Å². The van der Waals surface area contributed by atoms with Crippen molar-refractivity contribution in [2.45, 2.75) is 12.3 Å². The predicted octanol–water partition coefficient (Wildman–Crippen LogP) is 1.30. The highest BCUT2D eigenvalue weighted by atomic mass is 32.2. The number of methoxy groups -OCH3 is 2. The van der Waals surface area contributed by atoms with Crippen LogP contribution in [0.1, 0.15) is 17.9 Å². The molecule has 1 heterocycles. The number of hydrogen-bond acceptors (Lipinski definition) is 4. The molecule has 1 atom stereocenters. The first-order valence-electron chi connectivity index (χ1n) is 6.80. The van der Waals surface area contributed by atoms with Crippen molar-refractivity contribution in [3.63, 3.8) is 0 Å². The van der Waals surface area contributed by atoms with Crippen molar-refractivity contribution in [1.82, 2.24) is 8.61 Å². The highest BCUT2D eigenvalue weighted by Gasteiger charge is 2.34. The van der Waals surface area contributed by atoms with Crippen LogP contribution in [-0.2, 0) is 10.2 Å². The number of para-hydroxylation sites is 1. The highest BCUT2D eigenvalue weighted by molar-refractivity contribution is 7.86. The molecular weight excluding hydrogens is 292 g/mol. The first-order valence-corrected chi connectivity index (χ1v) is 8.20. The van der Waals surface area contributed by atoms with E-state index in [1.54, 1.807) is 28.3 Å². The van der Waals surface area contributed by atoms with Gasteiger partial charge in [0.05, 0.1) is 14.2 Å². The van der Waals surface area contributed by atoms with Crippen molar-refractivity contribution >= 4 is 10.2 Å². The average Bonchev–Trinajstić information content (AvgIpc) is 2.96. The van der Waals surface area contributed by atoms with E-state index >= 15 is 0 Å². The Morgan fingerprint density at radius 3 is 2.52 bits per heavy atom. The summed E-state index contributed by atoms with van der Waals surface area (Å²) < 4.78 is 37.9. The van der Waals surface area contributed by atoms with Crippen molar-refractivity contribution < 1.29 is 17.9 Å². The van der Waals surface area contributed by atoms with Crippen LogP contribution in [0.25, 0.3) is 0 Å². The molecule has 1 aliphatic rings. The van der Waals surface area contributed by atoms with Gasteiger partial charge in [-0.25, -0.2) is 0 Å². The molecule has 0 amide bonds. The van der Waals surface area contributed by atoms with Gasteiger partial charge in [-0.3, -0.25) is 0 Å². The lowest BCUT2D eigenvalue weighted by Gasteiger charge is -2.21. The largest absolute Gasteiger partial charge is 0.493 e. The Kier molecular flexibility index (Phi) is 4.75. The fourth-order valence-corrected chi connectivity index (χ4v) is 3.82. The van der Waals surface area contributed by atoms with Gasteiger partial charge in [0, 0.05) is 38.7 Å². The van der Waals surface area contributed by atoms with Gasteiger partial charge < -0.3 is 9.47 Å². The SMILES string of the molecule is COc1cccc([C@H]2CCN(S(=O)(=O)N(C)C)C2)c1OC. The first kappa shape index (κ1) is 16.1. The molecule has 1 fully saturated rings. The van der Waals surface area contributed by atoms with Crippen LogP contribution in [0, 0.1) is 0 Å². The van der Waals surface area contributed by atoms with E-state index in [4.69, 9.17) is 9.47 Å². The Morgan fingerprint density at radius 1 is 1.24 bits per heavy atom. The van der Waals surface area contributed by atoms with Crippen molar-refractivity contribution in [1.29, 1.82) is 0 Å². The third kappa shape index (κ3) is 3.00. The third-order valence-electron chi connectivity index (χ3n) is 3.81. The summed E-state index contributed by atoms with van der Waals surface area (Å²) in [5.41, 5.74) is 0.994. The van der Waals surface area contributed by atoms with Crippen LogP contribution < -0.4 is 9.47 Å². The summed E-state index contributed by atoms with van der Waals surface area (Å²) in [6.45, 7) is 0.982. The summed E-state index contributed by atoms with van der Waals surface area (Å²) in [5, 5.41) is 0. The molecular formula is C14H22N2O4S. The van der Waals surface area contributed by atoms with E-state index in [1.807, 2.05) is 18.2 Å². The Bertz CT molecular complexity index is 601. The van der Waals surface area contributed by atoms with E-state index in [9.17, 15) is 8.42 Å². The summed E-state index contributed by atoms with van der Waals surface area (Å²) in [7, 11) is 2.94. The molecule has 2 rings (SSSR count). The molecule has 6 nitrogen and oxygen atoms in total. The van der Waals surface area contributed by atoms with E-state index in [2.05, 4.69) is 0 Å². The number of benzene rings is 1. The summed E-state index contributed by atoms with van der Waals surface area (Å²) in [4.78, 5) is 0. The number of rotatable bonds is 5. The lowest BCUT2D eigenvalue weighted by Crippen LogP contribution is -2.38. The monoisotopic (exact) mass is 314 g/mol. The molecule has 1 aromatic rings. The lowest BCUT2D eigenvalue weighted by molar-refractivity contribution is 0.349. The first-order chi connectivity index (χ1) is 9.91. The molecule has 0 aromatic heterocycles. The Hall–Kier alpha value is -1.31. The quantitative estimate of drug-likeness (QED) is 0.822. The Labute approximate surface area is 126 Å². The van der Waals surface area contributed by atoms with Crippen molar-refractivity contribution in [2.24, 2.45) is 0 Å². The van der Waals surface area contributed by atoms with Gasteiger partial charge in [0.25, 0.3) is 10.2 Å². The minimum absolute atomic E-state index is 0.116. The summed E-state index contributed by atoms with van der Waals surface area (Å²) in [5.74, 6) is 1.47. The molecule has 0 unspecified atom stereocenters. The van der Waals surface area contributed by atoms with E-state index in [-0.39, 0.29) is 5.92 Å². The fourth-order valence-electron chi connectivity index (χ4n) is 2.66. The van der Waals surface area contributed by atoms with Gasteiger partial charge in [0.2, 0.25) is 0 Å². The smallest absolute Gasteiger partial charge is 0.281 e. The molecule has 21 heavy (non-hydrogen) atoms. The minimum atomic E-state index is -3.36. The Morgan fingerprint density at radius 2 is 1.95 bits per heavy atom. The maximum absolute atomic E-state index is 12.2. The van der Waals surface area contributed by atoms with Crippen LogP contribution in [0.4, 0.5) is 0 Å². The highest BCUT2D eigenvalue weighted by Crippen LogP contribution is 2.39. The van der Waals surface area contributed by atoms with Gasteiger partial charge in [0.1, 0.15) is 0 Å². The van der Waals surface area contributed by atoms with Gasteiger partial charge in [-0.05, 0) is 12.5 Å². The number of nitrogens with zero attached hydrogens (tertiary/aromatic N) is 2. The predicted molar refractivity (Wildman–Crippen MR) is 81.1 cm³/mol. The maximum Gasteiger partial charge on any atom is 0.281 e. The minimum Gasteiger partial charge on any atom is -0.493 e. The van der Waals surface area contributed by atoms with Crippen LogP contribution in [0.5, 0.6) is 11.5 Å². The molecule has 118 valence electrons. The van der Waals surface area contributed by atoms with E-state index in [0.29, 0.717) is 24.6 Å².